The highest BCUT2D eigenvalue weighted by Crippen LogP contribution is 2.50. The van der Waals surface area contributed by atoms with Crippen molar-refractivity contribution in [2.24, 2.45) is 0 Å². The van der Waals surface area contributed by atoms with Gasteiger partial charge in [0.2, 0.25) is 0 Å². The molecule has 8 heteroatoms. The molecule has 7 nitrogen and oxygen atoms in total. The van der Waals surface area contributed by atoms with Gasteiger partial charge in [0.1, 0.15) is 0 Å². The van der Waals surface area contributed by atoms with E-state index in [0.29, 0.717) is 0 Å². The maximum Gasteiger partial charge on any atom is 0.270 e. The molecular formula is C16H15N3O4S. The van der Waals surface area contributed by atoms with E-state index in [2.05, 4.69) is 11.8 Å². The second-order valence-electron chi connectivity index (χ2n) is 5.43. The van der Waals surface area contributed by atoms with E-state index in [1.807, 2.05) is 0 Å². The minimum atomic E-state index is -0.430. The molecule has 1 aliphatic rings. The first-order chi connectivity index (χ1) is 11.5. The van der Waals surface area contributed by atoms with E-state index in [1.54, 1.807) is 12.1 Å². The molecule has 0 aromatic heterocycles. The number of rotatable bonds is 5. The highest BCUT2D eigenvalue weighted by Gasteiger charge is 2.26. The molecule has 3 rings (SSSR count). The van der Waals surface area contributed by atoms with Crippen LogP contribution < -0.4 is 4.90 Å². The van der Waals surface area contributed by atoms with Gasteiger partial charge in [-0.1, -0.05) is 25.1 Å². The topological polar surface area (TPSA) is 89.5 Å². The normalized spacial score (nSPS) is 12.5. The average molecular weight is 345 g/mol. The molecular weight excluding hydrogens is 330 g/mol. The Morgan fingerprint density at radius 1 is 0.958 bits per heavy atom. The largest absolute Gasteiger partial charge is 0.340 e. The van der Waals surface area contributed by atoms with Gasteiger partial charge >= 0.3 is 0 Å². The van der Waals surface area contributed by atoms with Crippen molar-refractivity contribution < 1.29 is 9.85 Å². The Kier molecular flexibility index (Phi) is 4.39. The van der Waals surface area contributed by atoms with Gasteiger partial charge in [-0.25, -0.2) is 0 Å². The Morgan fingerprint density at radius 3 is 1.88 bits per heavy atom. The van der Waals surface area contributed by atoms with Crippen LogP contribution in [0.5, 0.6) is 0 Å². The minimum Gasteiger partial charge on any atom is -0.340 e. The zero-order valence-corrected chi connectivity index (χ0v) is 13.8. The van der Waals surface area contributed by atoms with Crippen molar-refractivity contribution in [3.8, 4) is 0 Å². The summed E-state index contributed by atoms with van der Waals surface area (Å²) < 4.78 is 0. The van der Waals surface area contributed by atoms with Crippen LogP contribution in [0, 0.1) is 20.2 Å². The standard InChI is InChI=1S/C16H15N3O4S/c1-2-3-8-17-13-6-4-11(18(20)21)9-15(13)24-16-10-12(19(22)23)5-7-14(16)17/h4-7,9-10H,2-3,8H2,1H3. The number of unbranched alkanes of at least 4 members (excludes halogenated alkanes) is 1. The molecule has 2 aromatic carbocycles. The first-order valence-corrected chi connectivity index (χ1v) is 8.35. The fourth-order valence-corrected chi connectivity index (χ4v) is 3.81. The van der Waals surface area contributed by atoms with Crippen molar-refractivity contribution in [3.05, 3.63) is 56.6 Å². The highest BCUT2D eigenvalue weighted by molar-refractivity contribution is 7.99. The number of anilines is 2. The van der Waals surface area contributed by atoms with Crippen LogP contribution in [0.15, 0.2) is 46.2 Å². The van der Waals surface area contributed by atoms with Gasteiger partial charge in [-0.15, -0.1) is 0 Å². The van der Waals surface area contributed by atoms with E-state index in [9.17, 15) is 20.2 Å². The van der Waals surface area contributed by atoms with Gasteiger partial charge in [-0.05, 0) is 18.6 Å². The minimum absolute atomic E-state index is 0.0190. The van der Waals surface area contributed by atoms with Gasteiger partial charge < -0.3 is 4.90 Å². The molecule has 0 amide bonds. The fourth-order valence-electron chi connectivity index (χ4n) is 2.65. The predicted molar refractivity (Wildman–Crippen MR) is 92.2 cm³/mol. The summed E-state index contributed by atoms with van der Waals surface area (Å²) in [7, 11) is 0. The summed E-state index contributed by atoms with van der Waals surface area (Å²) in [4.78, 5) is 24.8. The van der Waals surface area contributed by atoms with Crippen LogP contribution in [0.2, 0.25) is 0 Å². The SMILES string of the molecule is CCCCN1c2ccc([N+](=O)[O-])cc2Sc2cc([N+](=O)[O-])ccc21. The predicted octanol–water partition coefficient (Wildman–Crippen LogP) is 4.91. The van der Waals surface area contributed by atoms with Gasteiger partial charge in [0.05, 0.1) is 21.2 Å². The Balaban J connectivity index is 2.10. The van der Waals surface area contributed by atoms with E-state index >= 15 is 0 Å². The number of fused-ring (bicyclic) bond motifs is 2. The molecule has 0 aliphatic carbocycles. The molecule has 1 heterocycles. The van der Waals surface area contributed by atoms with Crippen molar-refractivity contribution in [1.29, 1.82) is 0 Å². The number of nitrogens with zero attached hydrogens (tertiary/aromatic N) is 3. The second kappa shape index (κ2) is 6.48. The van der Waals surface area contributed by atoms with E-state index in [-0.39, 0.29) is 11.4 Å². The first kappa shape index (κ1) is 16.3. The molecule has 0 saturated heterocycles. The zero-order chi connectivity index (χ0) is 17.3. The molecule has 0 bridgehead atoms. The van der Waals surface area contributed by atoms with Gasteiger partial charge in [-0.3, -0.25) is 20.2 Å². The van der Waals surface area contributed by atoms with Crippen LogP contribution >= 0.6 is 11.8 Å². The summed E-state index contributed by atoms with van der Waals surface area (Å²) in [5, 5.41) is 22.0. The number of nitro benzene ring substituents is 2. The van der Waals surface area contributed by atoms with Crippen LogP contribution in [-0.4, -0.2) is 16.4 Å². The number of non-ortho nitro benzene ring substituents is 2. The Bertz CT molecular complexity index is 761. The fraction of sp³-hybridized carbons (Fsp3) is 0.250. The average Bonchev–Trinajstić information content (AvgIpc) is 2.57. The van der Waals surface area contributed by atoms with Crippen molar-refractivity contribution in [3.63, 3.8) is 0 Å². The Morgan fingerprint density at radius 2 is 1.46 bits per heavy atom. The van der Waals surface area contributed by atoms with Gasteiger partial charge in [0.15, 0.2) is 0 Å². The lowest BCUT2D eigenvalue weighted by Gasteiger charge is -2.32. The Labute approximate surface area is 142 Å². The summed E-state index contributed by atoms with van der Waals surface area (Å²) in [6.07, 6.45) is 1.96. The molecule has 0 atom stereocenters. The maximum atomic E-state index is 11.0. The quantitative estimate of drug-likeness (QED) is 0.565. The molecule has 1 aliphatic heterocycles. The second-order valence-corrected chi connectivity index (χ2v) is 6.51. The summed E-state index contributed by atoms with van der Waals surface area (Å²) in [5.74, 6) is 0. The number of nitro groups is 2. The third kappa shape index (κ3) is 2.92. The monoisotopic (exact) mass is 345 g/mol. The lowest BCUT2D eigenvalue weighted by Crippen LogP contribution is -2.22. The molecule has 0 spiro atoms. The van der Waals surface area contributed by atoms with Gasteiger partial charge in [0, 0.05) is 40.6 Å². The summed E-state index contributed by atoms with van der Waals surface area (Å²) in [6.45, 7) is 2.85. The highest BCUT2D eigenvalue weighted by atomic mass is 32.2. The van der Waals surface area contributed by atoms with Crippen molar-refractivity contribution in [1.82, 2.24) is 0 Å². The van der Waals surface area contributed by atoms with Crippen LogP contribution in [-0.2, 0) is 0 Å². The van der Waals surface area contributed by atoms with E-state index in [0.717, 1.165) is 40.6 Å². The van der Waals surface area contributed by atoms with E-state index in [4.69, 9.17) is 0 Å². The zero-order valence-electron chi connectivity index (χ0n) is 13.0. The van der Waals surface area contributed by atoms with Crippen molar-refractivity contribution >= 4 is 34.5 Å². The summed E-state index contributed by atoms with van der Waals surface area (Å²) >= 11 is 1.33. The van der Waals surface area contributed by atoms with Crippen LogP contribution in [0.4, 0.5) is 22.7 Å². The Hall–Kier alpha value is -2.61. The van der Waals surface area contributed by atoms with Gasteiger partial charge in [-0.2, -0.15) is 0 Å². The van der Waals surface area contributed by atoms with Crippen LogP contribution in [0.3, 0.4) is 0 Å². The molecule has 2 aromatic rings. The molecule has 0 fully saturated rings. The maximum absolute atomic E-state index is 11.0. The third-order valence-corrected chi connectivity index (χ3v) is 4.94. The van der Waals surface area contributed by atoms with Crippen molar-refractivity contribution in [2.45, 2.75) is 29.6 Å². The molecule has 0 saturated carbocycles. The number of benzene rings is 2. The number of hydrogen-bond donors (Lipinski definition) is 0. The van der Waals surface area contributed by atoms with Crippen LogP contribution in [0.25, 0.3) is 0 Å². The van der Waals surface area contributed by atoms with E-state index < -0.39 is 9.85 Å². The molecule has 24 heavy (non-hydrogen) atoms. The lowest BCUT2D eigenvalue weighted by atomic mass is 10.2. The molecule has 124 valence electrons. The van der Waals surface area contributed by atoms with Gasteiger partial charge in [0.25, 0.3) is 11.4 Å². The van der Waals surface area contributed by atoms with Crippen molar-refractivity contribution in [2.75, 3.05) is 11.4 Å². The molecule has 0 N–H and O–H groups in total. The van der Waals surface area contributed by atoms with Crippen LogP contribution in [0.1, 0.15) is 19.8 Å². The third-order valence-electron chi connectivity index (χ3n) is 3.85. The molecule has 0 radical (unpaired) electrons. The lowest BCUT2D eigenvalue weighted by molar-refractivity contribution is -0.385. The molecule has 0 unspecified atom stereocenters. The van der Waals surface area contributed by atoms with E-state index in [1.165, 1.54) is 36.0 Å². The first-order valence-electron chi connectivity index (χ1n) is 7.53. The smallest absolute Gasteiger partial charge is 0.270 e. The summed E-state index contributed by atoms with van der Waals surface area (Å²) in [6, 6.07) is 9.55. The summed E-state index contributed by atoms with van der Waals surface area (Å²) in [5.41, 5.74) is 1.84. The number of hydrogen-bond acceptors (Lipinski definition) is 6.